The van der Waals surface area contributed by atoms with Gasteiger partial charge in [0, 0.05) is 10.8 Å². The van der Waals surface area contributed by atoms with Crippen molar-refractivity contribution in [3.05, 3.63) is 46.3 Å². The minimum absolute atomic E-state index is 0.325. The zero-order chi connectivity index (χ0) is 13.0. The van der Waals surface area contributed by atoms with E-state index in [1.165, 1.54) is 6.33 Å². The molecule has 18 heavy (non-hydrogen) atoms. The Morgan fingerprint density at radius 1 is 1.17 bits per heavy atom. The van der Waals surface area contributed by atoms with Gasteiger partial charge in [0.2, 0.25) is 0 Å². The summed E-state index contributed by atoms with van der Waals surface area (Å²) < 4.78 is 5.18. The second kappa shape index (κ2) is 6.27. The highest BCUT2D eigenvalue weighted by atomic mass is 35.5. The van der Waals surface area contributed by atoms with Crippen molar-refractivity contribution in [1.29, 1.82) is 0 Å². The van der Waals surface area contributed by atoms with Gasteiger partial charge in [-0.05, 0) is 17.7 Å². The number of hydrogen-bond acceptors (Lipinski definition) is 4. The third-order valence-electron chi connectivity index (χ3n) is 2.22. The average Bonchev–Trinajstić information content (AvgIpc) is 2.38. The van der Waals surface area contributed by atoms with Gasteiger partial charge in [0.05, 0.1) is 7.11 Å². The number of halogens is 2. The highest BCUT2D eigenvalue weighted by Crippen LogP contribution is 2.33. The van der Waals surface area contributed by atoms with E-state index < -0.39 is 0 Å². The van der Waals surface area contributed by atoms with Gasteiger partial charge in [-0.25, -0.2) is 9.97 Å². The standard InChI is InChI=1S/C12H10Cl2N2OS/c1-17-10-11(14)15-7-16-12(10)18-6-8-2-4-9(13)5-3-8/h2-5,7H,6H2,1H3. The van der Waals surface area contributed by atoms with Crippen LogP contribution in [0.2, 0.25) is 10.2 Å². The number of thioether (sulfide) groups is 1. The van der Waals surface area contributed by atoms with E-state index in [4.69, 9.17) is 27.9 Å². The zero-order valence-corrected chi connectivity index (χ0v) is 11.9. The minimum atomic E-state index is 0.325. The first kappa shape index (κ1) is 13.5. The van der Waals surface area contributed by atoms with Crippen LogP contribution in [-0.4, -0.2) is 17.1 Å². The van der Waals surface area contributed by atoms with Crippen molar-refractivity contribution < 1.29 is 4.74 Å². The number of methoxy groups -OCH3 is 1. The first-order chi connectivity index (χ1) is 8.70. The Morgan fingerprint density at radius 3 is 2.56 bits per heavy atom. The van der Waals surface area contributed by atoms with Crippen molar-refractivity contribution in [3.63, 3.8) is 0 Å². The predicted molar refractivity (Wildman–Crippen MR) is 74.6 cm³/mol. The Balaban J connectivity index is 2.10. The SMILES string of the molecule is COc1c(Cl)ncnc1SCc1ccc(Cl)cc1. The lowest BCUT2D eigenvalue weighted by molar-refractivity contribution is 0.398. The van der Waals surface area contributed by atoms with E-state index in [1.54, 1.807) is 18.9 Å². The summed E-state index contributed by atoms with van der Waals surface area (Å²) in [6.45, 7) is 0. The van der Waals surface area contributed by atoms with Crippen LogP contribution in [0.4, 0.5) is 0 Å². The van der Waals surface area contributed by atoms with E-state index in [0.717, 1.165) is 21.4 Å². The number of rotatable bonds is 4. The van der Waals surface area contributed by atoms with Crippen molar-refractivity contribution in [2.24, 2.45) is 0 Å². The summed E-state index contributed by atoms with van der Waals surface area (Å²) in [5.41, 5.74) is 1.15. The van der Waals surface area contributed by atoms with Crippen LogP contribution in [-0.2, 0) is 5.75 Å². The number of benzene rings is 1. The summed E-state index contributed by atoms with van der Waals surface area (Å²) >= 11 is 13.3. The molecule has 1 heterocycles. The van der Waals surface area contributed by atoms with Crippen molar-refractivity contribution >= 4 is 35.0 Å². The van der Waals surface area contributed by atoms with Crippen LogP contribution in [0.15, 0.2) is 35.6 Å². The average molecular weight is 301 g/mol. The molecule has 0 aliphatic heterocycles. The molecule has 0 amide bonds. The van der Waals surface area contributed by atoms with Crippen molar-refractivity contribution in [1.82, 2.24) is 9.97 Å². The lowest BCUT2D eigenvalue weighted by atomic mass is 10.2. The van der Waals surface area contributed by atoms with Gasteiger partial charge < -0.3 is 4.74 Å². The van der Waals surface area contributed by atoms with Crippen LogP contribution in [0.1, 0.15) is 5.56 Å². The smallest absolute Gasteiger partial charge is 0.188 e. The highest BCUT2D eigenvalue weighted by molar-refractivity contribution is 7.98. The first-order valence-corrected chi connectivity index (χ1v) is 6.86. The normalized spacial score (nSPS) is 10.4. The predicted octanol–water partition coefficient (Wildman–Crippen LogP) is 4.08. The molecule has 1 aromatic heterocycles. The Morgan fingerprint density at radius 2 is 1.89 bits per heavy atom. The van der Waals surface area contributed by atoms with Gasteiger partial charge in [0.25, 0.3) is 0 Å². The van der Waals surface area contributed by atoms with Crippen LogP contribution in [0.5, 0.6) is 5.75 Å². The third kappa shape index (κ3) is 3.28. The Labute approximate surface area is 120 Å². The maximum Gasteiger partial charge on any atom is 0.188 e. The molecule has 0 N–H and O–H groups in total. The Hall–Kier alpha value is -0.970. The van der Waals surface area contributed by atoms with Gasteiger partial charge in [-0.1, -0.05) is 47.1 Å². The summed E-state index contributed by atoms with van der Waals surface area (Å²) in [5.74, 6) is 1.28. The van der Waals surface area contributed by atoms with Gasteiger partial charge in [0.1, 0.15) is 11.4 Å². The fourth-order valence-corrected chi connectivity index (χ4v) is 2.67. The van der Waals surface area contributed by atoms with Crippen molar-refractivity contribution in [2.45, 2.75) is 10.8 Å². The van der Waals surface area contributed by atoms with Crippen LogP contribution in [0.3, 0.4) is 0 Å². The summed E-state index contributed by atoms with van der Waals surface area (Å²) in [6, 6.07) is 7.68. The molecule has 94 valence electrons. The molecule has 0 saturated carbocycles. The maximum atomic E-state index is 5.93. The summed E-state index contributed by atoms with van der Waals surface area (Å²) in [7, 11) is 1.55. The molecule has 0 saturated heterocycles. The fraction of sp³-hybridized carbons (Fsp3) is 0.167. The maximum absolute atomic E-state index is 5.93. The van der Waals surface area contributed by atoms with Crippen molar-refractivity contribution in [2.75, 3.05) is 7.11 Å². The molecule has 2 rings (SSSR count). The van der Waals surface area contributed by atoms with Gasteiger partial charge in [0.15, 0.2) is 10.9 Å². The van der Waals surface area contributed by atoms with E-state index in [1.807, 2.05) is 24.3 Å². The minimum Gasteiger partial charge on any atom is -0.491 e. The summed E-state index contributed by atoms with van der Waals surface area (Å²) in [5, 5.41) is 1.78. The van der Waals surface area contributed by atoms with E-state index >= 15 is 0 Å². The highest BCUT2D eigenvalue weighted by Gasteiger charge is 2.10. The lowest BCUT2D eigenvalue weighted by Gasteiger charge is -2.07. The zero-order valence-electron chi connectivity index (χ0n) is 9.56. The van der Waals surface area contributed by atoms with Crippen LogP contribution in [0, 0.1) is 0 Å². The molecule has 0 bridgehead atoms. The number of ether oxygens (including phenoxy) is 1. The number of hydrogen-bond donors (Lipinski definition) is 0. The molecule has 0 fully saturated rings. The molecule has 0 aliphatic rings. The molecule has 0 radical (unpaired) electrons. The Bertz CT molecular complexity index is 534. The van der Waals surface area contributed by atoms with E-state index in [0.29, 0.717) is 10.9 Å². The molecule has 0 spiro atoms. The third-order valence-corrected chi connectivity index (χ3v) is 3.78. The quantitative estimate of drug-likeness (QED) is 0.629. The molecular weight excluding hydrogens is 291 g/mol. The topological polar surface area (TPSA) is 35.0 Å². The van der Waals surface area contributed by atoms with Gasteiger partial charge in [-0.2, -0.15) is 0 Å². The Kier molecular flexibility index (Phi) is 4.69. The lowest BCUT2D eigenvalue weighted by Crippen LogP contribution is -1.93. The molecule has 6 heteroatoms. The van der Waals surface area contributed by atoms with E-state index in [9.17, 15) is 0 Å². The summed E-state index contributed by atoms with van der Waals surface area (Å²) in [6.07, 6.45) is 1.43. The molecule has 2 aromatic rings. The molecule has 3 nitrogen and oxygen atoms in total. The first-order valence-electron chi connectivity index (χ1n) is 5.12. The van der Waals surface area contributed by atoms with Gasteiger partial charge in [-0.15, -0.1) is 0 Å². The number of aromatic nitrogens is 2. The molecule has 1 aromatic carbocycles. The number of nitrogens with zero attached hydrogens (tertiary/aromatic N) is 2. The molecular formula is C12H10Cl2N2OS. The summed E-state index contributed by atoms with van der Waals surface area (Å²) in [4.78, 5) is 8.04. The monoisotopic (exact) mass is 300 g/mol. The van der Waals surface area contributed by atoms with Crippen molar-refractivity contribution in [3.8, 4) is 5.75 Å². The largest absolute Gasteiger partial charge is 0.491 e. The fourth-order valence-electron chi connectivity index (χ4n) is 1.34. The second-order valence-corrected chi connectivity index (χ2v) is 5.18. The van der Waals surface area contributed by atoms with E-state index in [-0.39, 0.29) is 0 Å². The molecule has 0 unspecified atom stereocenters. The van der Waals surface area contributed by atoms with Crippen LogP contribution >= 0.6 is 35.0 Å². The van der Waals surface area contributed by atoms with Crippen LogP contribution in [0.25, 0.3) is 0 Å². The van der Waals surface area contributed by atoms with Crippen LogP contribution < -0.4 is 4.74 Å². The van der Waals surface area contributed by atoms with E-state index in [2.05, 4.69) is 9.97 Å². The molecule has 0 aliphatic carbocycles. The van der Waals surface area contributed by atoms with Gasteiger partial charge in [-0.3, -0.25) is 0 Å². The van der Waals surface area contributed by atoms with Gasteiger partial charge >= 0.3 is 0 Å². The molecule has 0 atom stereocenters. The second-order valence-electron chi connectivity index (χ2n) is 3.42.